The summed E-state index contributed by atoms with van der Waals surface area (Å²) in [5, 5.41) is 21.6. The summed E-state index contributed by atoms with van der Waals surface area (Å²) in [4.78, 5) is 83.4. The Morgan fingerprint density at radius 1 is 0.661 bits per heavy atom. The van der Waals surface area contributed by atoms with E-state index >= 15 is 0 Å². The van der Waals surface area contributed by atoms with Crippen LogP contribution in [0.5, 0.6) is 0 Å². The lowest BCUT2D eigenvalue weighted by Crippen LogP contribution is -2.66. The lowest BCUT2D eigenvalue weighted by Gasteiger charge is -2.41. The maximum Gasteiger partial charge on any atom is 0.441 e. The number of hydrogen-bond acceptors (Lipinski definition) is 11. The highest BCUT2D eigenvalue weighted by molar-refractivity contribution is 6.63. The van der Waals surface area contributed by atoms with Crippen LogP contribution in [0.15, 0.2) is 58.8 Å². The topological polar surface area (TPSA) is 335 Å². The molecular formula is C35H38N12O9. The number of nitrogens with zero attached hydrogens (tertiary/aromatic N) is 10. The van der Waals surface area contributed by atoms with Crippen molar-refractivity contribution in [3.05, 3.63) is 91.6 Å². The Morgan fingerprint density at radius 3 is 1.30 bits per heavy atom. The maximum atomic E-state index is 12.6. The number of ether oxygens (including phenoxy) is 2. The Bertz CT molecular complexity index is 1910. The van der Waals surface area contributed by atoms with Crippen LogP contribution in [0.1, 0.15) is 45.7 Å². The van der Waals surface area contributed by atoms with Crippen LogP contribution < -0.4 is 10.6 Å². The van der Waals surface area contributed by atoms with E-state index in [1.807, 2.05) is 13.8 Å². The summed E-state index contributed by atoms with van der Waals surface area (Å²) < 4.78 is 10.0. The predicted octanol–water partition coefficient (Wildman–Crippen LogP) is 3.36. The number of azide groups is 2. The Labute approximate surface area is 318 Å². The number of ketones is 2. The van der Waals surface area contributed by atoms with Crippen molar-refractivity contribution < 1.29 is 52.9 Å². The molecule has 0 spiro atoms. The summed E-state index contributed by atoms with van der Waals surface area (Å²) in [5.74, 6) is -7.00. The number of Topliss-reactive ketones (excluding diaryl/α,β-unsaturated/α-hetero) is 2. The van der Waals surface area contributed by atoms with Crippen LogP contribution in [-0.2, 0) is 51.5 Å². The number of rotatable bonds is 16. The fourth-order valence-electron chi connectivity index (χ4n) is 5.94. The van der Waals surface area contributed by atoms with Gasteiger partial charge < -0.3 is 36.3 Å². The SMILES string of the molecule is CC(C)[C@H]1C(=O)N[C@@H]1[C@@H](C)C(=O)C(=[N+]=[N-])C(=O)OCc1ccc(N=[N+]=[N-])cc1.C[C@@H](O)[C@H]1C(=O)N[C@@H]1[C@@H](C)C(=O)C(=[N+]=[N-])C(=O)OCc1ccc(N=[N+]=[N-])cc1. The average Bonchev–Trinajstić information content (AvgIpc) is 3.15. The molecule has 0 aromatic heterocycles. The van der Waals surface area contributed by atoms with Gasteiger partial charge in [0.25, 0.3) is 11.6 Å². The second-order valence-corrected chi connectivity index (χ2v) is 13.2. The number of carbonyl (C=O) groups is 6. The molecule has 7 atom stereocenters. The first-order valence-corrected chi connectivity index (χ1v) is 17.0. The number of esters is 2. The zero-order valence-corrected chi connectivity index (χ0v) is 30.8. The van der Waals surface area contributed by atoms with Crippen LogP contribution in [-0.4, -0.2) is 79.6 Å². The summed E-state index contributed by atoms with van der Waals surface area (Å²) in [6.45, 7) is 7.82. The number of amides is 2. The summed E-state index contributed by atoms with van der Waals surface area (Å²) in [5.41, 5.74) is 35.4. The molecule has 0 saturated carbocycles. The van der Waals surface area contributed by atoms with Crippen molar-refractivity contribution in [1.29, 1.82) is 0 Å². The summed E-state index contributed by atoms with van der Waals surface area (Å²) in [7, 11) is 0. The Balaban J connectivity index is 0.000000300. The Morgan fingerprint density at radius 2 is 1.02 bits per heavy atom. The fourth-order valence-corrected chi connectivity index (χ4v) is 5.94. The molecule has 0 unspecified atom stereocenters. The van der Waals surface area contributed by atoms with Crippen LogP contribution in [0, 0.1) is 29.6 Å². The van der Waals surface area contributed by atoms with Crippen LogP contribution in [0.4, 0.5) is 11.4 Å². The molecule has 0 radical (unpaired) electrons. The van der Waals surface area contributed by atoms with Gasteiger partial charge in [-0.25, -0.2) is 9.59 Å². The molecule has 21 heteroatoms. The minimum Gasteiger partial charge on any atom is -0.452 e. The number of carbonyl (C=O) groups excluding carboxylic acids is 6. The first-order valence-electron chi connectivity index (χ1n) is 17.0. The molecule has 21 nitrogen and oxygen atoms in total. The molecule has 56 heavy (non-hydrogen) atoms. The monoisotopic (exact) mass is 770 g/mol. The van der Waals surface area contributed by atoms with Crippen molar-refractivity contribution in [2.45, 2.75) is 66.0 Å². The number of nitrogens with one attached hydrogen (secondary N) is 2. The minimum absolute atomic E-state index is 0.0313. The van der Waals surface area contributed by atoms with Gasteiger partial charge in [-0.15, -0.1) is 0 Å². The van der Waals surface area contributed by atoms with E-state index in [-0.39, 0.29) is 31.0 Å². The molecule has 2 aliphatic heterocycles. The van der Waals surface area contributed by atoms with Gasteiger partial charge in [0.1, 0.15) is 13.2 Å². The van der Waals surface area contributed by atoms with Gasteiger partial charge >= 0.3 is 23.4 Å². The minimum atomic E-state index is -1.13. The van der Waals surface area contributed by atoms with Crippen LogP contribution in [0.3, 0.4) is 0 Å². The molecule has 3 N–H and O–H groups in total. The zero-order chi connectivity index (χ0) is 41.7. The fraction of sp³-hybridized carbons (Fsp3) is 0.429. The first-order chi connectivity index (χ1) is 26.6. The van der Waals surface area contributed by atoms with Crippen molar-refractivity contribution >= 4 is 58.1 Å². The third-order valence-electron chi connectivity index (χ3n) is 9.13. The molecule has 4 rings (SSSR count). The molecule has 2 heterocycles. The van der Waals surface area contributed by atoms with E-state index in [2.05, 4.69) is 40.3 Å². The van der Waals surface area contributed by atoms with Crippen molar-refractivity contribution in [3.63, 3.8) is 0 Å². The molecule has 292 valence electrons. The number of aliphatic hydroxyl groups excluding tert-OH is 1. The highest BCUT2D eigenvalue weighted by Gasteiger charge is 2.51. The third kappa shape index (κ3) is 10.6. The van der Waals surface area contributed by atoms with Gasteiger partial charge in [0, 0.05) is 33.0 Å². The summed E-state index contributed by atoms with van der Waals surface area (Å²) in [6.07, 6.45) is -0.969. The molecule has 2 aromatic rings. The van der Waals surface area contributed by atoms with Gasteiger partial charge in [-0.1, -0.05) is 86.5 Å². The summed E-state index contributed by atoms with van der Waals surface area (Å²) in [6, 6.07) is 11.3. The predicted molar refractivity (Wildman–Crippen MR) is 193 cm³/mol. The number of hydrogen-bond donors (Lipinski definition) is 3. The van der Waals surface area contributed by atoms with Gasteiger partial charge in [0.05, 0.1) is 30.0 Å². The van der Waals surface area contributed by atoms with Crippen molar-refractivity contribution in [2.24, 2.45) is 39.8 Å². The quantitative estimate of drug-likeness (QED) is 0.0428. The summed E-state index contributed by atoms with van der Waals surface area (Å²) >= 11 is 0. The van der Waals surface area contributed by atoms with E-state index < -0.39 is 76.8 Å². The normalized spacial score (nSPS) is 19.3. The average molecular weight is 771 g/mol. The van der Waals surface area contributed by atoms with Crippen molar-refractivity contribution in [2.75, 3.05) is 0 Å². The molecule has 2 fully saturated rings. The second-order valence-electron chi connectivity index (χ2n) is 13.2. The number of benzene rings is 2. The number of aliphatic hydroxyl groups is 1. The zero-order valence-electron chi connectivity index (χ0n) is 30.8. The molecule has 0 aliphatic carbocycles. The van der Waals surface area contributed by atoms with Gasteiger partial charge in [-0.05, 0) is 35.0 Å². The van der Waals surface area contributed by atoms with Gasteiger partial charge in [0.15, 0.2) is 0 Å². The Hall–Kier alpha value is -7.00. The molecule has 0 bridgehead atoms. The third-order valence-corrected chi connectivity index (χ3v) is 9.13. The van der Waals surface area contributed by atoms with E-state index in [0.29, 0.717) is 22.5 Å². The van der Waals surface area contributed by atoms with Crippen LogP contribution >= 0.6 is 0 Å². The Kier molecular flexibility index (Phi) is 15.4. The second kappa shape index (κ2) is 19.9. The van der Waals surface area contributed by atoms with Gasteiger partial charge in [-0.3, -0.25) is 19.2 Å². The molecular weight excluding hydrogens is 732 g/mol. The molecule has 2 aromatic carbocycles. The van der Waals surface area contributed by atoms with Crippen molar-refractivity contribution in [3.8, 4) is 0 Å². The number of β-lactam (4-membered cyclic amide) rings is 2. The largest absolute Gasteiger partial charge is 0.452 e. The van der Waals surface area contributed by atoms with Crippen molar-refractivity contribution in [1.82, 2.24) is 10.6 Å². The lowest BCUT2D eigenvalue weighted by molar-refractivity contribution is -0.148. The van der Waals surface area contributed by atoms with E-state index in [1.54, 1.807) is 43.3 Å². The van der Waals surface area contributed by atoms with E-state index in [9.17, 15) is 33.9 Å². The van der Waals surface area contributed by atoms with E-state index in [4.69, 9.17) is 31.6 Å². The van der Waals surface area contributed by atoms with Crippen LogP contribution in [0.25, 0.3) is 31.9 Å². The smallest absolute Gasteiger partial charge is 0.441 e. The van der Waals surface area contributed by atoms with Gasteiger partial charge in [-0.2, -0.15) is 9.58 Å². The standard InChI is InChI=1S/C18H20N6O4.C17H18N6O5/c1-9(2)13-14(21-17(13)26)10(3)16(25)15(22-19)18(27)28-8-11-4-6-12(7-5-11)23-24-20;1-8(13-12(9(2)24)16(26)20-13)15(25)14(21-18)17(27)28-7-10-3-5-11(6-4-10)22-23-19/h4-7,9-10,13-14H,8H2,1-3H3,(H,21,26);3-6,8-9,12-13,24H,7H2,1-2H3,(H,20,26)/t10-,13-,14-;8-,9-,12-,13-/m11/s1. The molecule has 2 saturated heterocycles. The molecule has 2 amide bonds. The van der Waals surface area contributed by atoms with E-state index in [0.717, 1.165) is 0 Å². The van der Waals surface area contributed by atoms with Gasteiger partial charge in [0.2, 0.25) is 11.8 Å². The van der Waals surface area contributed by atoms with Crippen LogP contribution in [0.2, 0.25) is 0 Å². The molecule has 2 aliphatic rings. The highest BCUT2D eigenvalue weighted by atomic mass is 16.5. The highest BCUT2D eigenvalue weighted by Crippen LogP contribution is 2.30. The van der Waals surface area contributed by atoms with E-state index in [1.165, 1.54) is 26.0 Å². The maximum absolute atomic E-state index is 12.6. The lowest BCUT2D eigenvalue weighted by atomic mass is 9.74. The first kappa shape index (κ1) is 43.4.